The minimum atomic E-state index is -0.494. The third-order valence-electron chi connectivity index (χ3n) is 3.93. The number of carbonyl (C=O) groups is 2. The number of halogens is 1. The van der Waals surface area contributed by atoms with Crippen molar-refractivity contribution in [1.82, 2.24) is 14.9 Å². The molecule has 8 heteroatoms. The van der Waals surface area contributed by atoms with E-state index in [1.807, 2.05) is 25.7 Å². The van der Waals surface area contributed by atoms with Crippen LogP contribution in [-0.4, -0.2) is 51.9 Å². The van der Waals surface area contributed by atoms with Crippen molar-refractivity contribution < 1.29 is 14.3 Å². The zero-order valence-electron chi connectivity index (χ0n) is 14.9. The molecule has 1 aromatic rings. The minimum absolute atomic E-state index is 0.105. The highest BCUT2D eigenvalue weighted by atomic mass is 35.5. The van der Waals surface area contributed by atoms with Crippen LogP contribution in [-0.2, 0) is 9.53 Å². The number of nitrogen functional groups attached to an aromatic ring is 1. The van der Waals surface area contributed by atoms with Gasteiger partial charge in [-0.15, -0.1) is 0 Å². The third-order valence-corrected chi connectivity index (χ3v) is 4.30. The summed E-state index contributed by atoms with van der Waals surface area (Å²) >= 11 is 6.02. The van der Waals surface area contributed by atoms with E-state index in [4.69, 9.17) is 22.1 Å². The summed E-state index contributed by atoms with van der Waals surface area (Å²) in [4.78, 5) is 34.2. The number of nitrogens with two attached hydrogens (primary N) is 1. The maximum Gasteiger partial charge on any atom is 0.320 e. The Morgan fingerprint density at radius 2 is 2.12 bits per heavy atom. The van der Waals surface area contributed by atoms with Crippen LogP contribution in [0.1, 0.15) is 50.5 Å². The van der Waals surface area contributed by atoms with Gasteiger partial charge in [-0.1, -0.05) is 11.6 Å². The topological polar surface area (TPSA) is 98.4 Å². The molecule has 1 aliphatic rings. The quantitative estimate of drug-likeness (QED) is 0.629. The summed E-state index contributed by atoms with van der Waals surface area (Å²) in [6, 6.07) is 0. The number of ether oxygens (including phenoxy) is 1. The van der Waals surface area contributed by atoms with Crippen molar-refractivity contribution >= 4 is 29.2 Å². The van der Waals surface area contributed by atoms with E-state index in [1.165, 1.54) is 6.33 Å². The molecule has 2 rings (SSSR count). The smallest absolute Gasteiger partial charge is 0.320 e. The van der Waals surface area contributed by atoms with Crippen molar-refractivity contribution in [2.75, 3.05) is 25.4 Å². The van der Waals surface area contributed by atoms with Gasteiger partial charge in [0.05, 0.1) is 6.54 Å². The van der Waals surface area contributed by atoms with Crippen LogP contribution in [0, 0.1) is 5.92 Å². The Morgan fingerprint density at radius 1 is 1.40 bits per heavy atom. The first kappa shape index (κ1) is 19.6. The largest absolute Gasteiger partial charge is 0.459 e. The molecule has 1 unspecified atom stereocenters. The van der Waals surface area contributed by atoms with Gasteiger partial charge in [0.1, 0.15) is 28.5 Å². The standard InChI is InChI=1S/C17H25ClN4O3/c1-17(2,3)25-13(24)9-22-6-4-5-11(8-22)7-12(23)15-14(18)16(19)21-10-20-15/h10-11H,4-9H2,1-3H3,(H2,19,20,21). The fraction of sp³-hybridized carbons (Fsp3) is 0.647. The Labute approximate surface area is 152 Å². The second-order valence-corrected chi connectivity index (χ2v) is 7.76. The monoisotopic (exact) mass is 368 g/mol. The van der Waals surface area contributed by atoms with Crippen LogP contribution >= 0.6 is 11.6 Å². The predicted molar refractivity (Wildman–Crippen MR) is 95.4 cm³/mol. The van der Waals surface area contributed by atoms with Crippen molar-refractivity contribution in [3.8, 4) is 0 Å². The average Bonchev–Trinajstić information content (AvgIpc) is 2.48. The lowest BCUT2D eigenvalue weighted by Gasteiger charge is -2.32. The van der Waals surface area contributed by atoms with Crippen LogP contribution in [0.25, 0.3) is 0 Å². The van der Waals surface area contributed by atoms with E-state index >= 15 is 0 Å². The zero-order valence-corrected chi connectivity index (χ0v) is 15.7. The lowest BCUT2D eigenvalue weighted by Crippen LogP contribution is -2.41. The highest BCUT2D eigenvalue weighted by Crippen LogP contribution is 2.25. The summed E-state index contributed by atoms with van der Waals surface area (Å²) < 4.78 is 5.36. The first-order chi connectivity index (χ1) is 11.7. The molecule has 0 saturated carbocycles. The van der Waals surface area contributed by atoms with Crippen molar-refractivity contribution in [1.29, 1.82) is 0 Å². The maximum absolute atomic E-state index is 12.5. The van der Waals surface area contributed by atoms with Gasteiger partial charge in [0.15, 0.2) is 5.78 Å². The Balaban J connectivity index is 1.92. The molecule has 1 fully saturated rings. The van der Waals surface area contributed by atoms with Gasteiger partial charge in [-0.25, -0.2) is 9.97 Å². The molecule has 7 nitrogen and oxygen atoms in total. The van der Waals surface area contributed by atoms with Gasteiger partial charge in [0, 0.05) is 13.0 Å². The summed E-state index contributed by atoms with van der Waals surface area (Å²) in [6.07, 6.45) is 3.42. The minimum Gasteiger partial charge on any atom is -0.459 e. The van der Waals surface area contributed by atoms with Crippen molar-refractivity contribution in [3.05, 3.63) is 17.0 Å². The summed E-state index contributed by atoms with van der Waals surface area (Å²) in [7, 11) is 0. The van der Waals surface area contributed by atoms with Gasteiger partial charge in [-0.3, -0.25) is 14.5 Å². The number of rotatable bonds is 5. The van der Waals surface area contributed by atoms with Crippen LogP contribution < -0.4 is 5.73 Å². The lowest BCUT2D eigenvalue weighted by atomic mass is 9.92. The number of nitrogens with zero attached hydrogens (tertiary/aromatic N) is 3. The van der Waals surface area contributed by atoms with Gasteiger partial charge in [-0.2, -0.15) is 0 Å². The fourth-order valence-corrected chi connectivity index (χ4v) is 3.16. The van der Waals surface area contributed by atoms with Crippen LogP contribution in [0.15, 0.2) is 6.33 Å². The van der Waals surface area contributed by atoms with Crippen molar-refractivity contribution in [3.63, 3.8) is 0 Å². The first-order valence-electron chi connectivity index (χ1n) is 8.39. The molecular weight excluding hydrogens is 344 g/mol. The van der Waals surface area contributed by atoms with E-state index in [1.54, 1.807) is 0 Å². The molecule has 1 saturated heterocycles. The summed E-state index contributed by atoms with van der Waals surface area (Å²) in [5.74, 6) is -0.138. The molecule has 138 valence electrons. The zero-order chi connectivity index (χ0) is 18.6. The molecule has 0 spiro atoms. The molecule has 0 aromatic carbocycles. The Morgan fingerprint density at radius 3 is 2.80 bits per heavy atom. The van der Waals surface area contributed by atoms with E-state index in [0.717, 1.165) is 19.4 Å². The van der Waals surface area contributed by atoms with Gasteiger partial charge < -0.3 is 10.5 Å². The highest BCUT2D eigenvalue weighted by Gasteiger charge is 2.27. The van der Waals surface area contributed by atoms with Crippen LogP contribution in [0.4, 0.5) is 5.82 Å². The summed E-state index contributed by atoms with van der Waals surface area (Å²) in [5, 5.41) is 0.105. The fourth-order valence-electron chi connectivity index (χ4n) is 2.95. The average molecular weight is 369 g/mol. The number of aromatic nitrogens is 2. The Bertz CT molecular complexity index is 645. The number of anilines is 1. The van der Waals surface area contributed by atoms with Crippen LogP contribution in [0.2, 0.25) is 5.02 Å². The van der Waals surface area contributed by atoms with Crippen molar-refractivity contribution in [2.24, 2.45) is 5.92 Å². The molecule has 0 amide bonds. The number of likely N-dealkylation sites (tertiary alicyclic amines) is 1. The second-order valence-electron chi connectivity index (χ2n) is 7.38. The number of esters is 1. The van der Waals surface area contributed by atoms with Gasteiger partial charge in [-0.05, 0) is 46.1 Å². The van der Waals surface area contributed by atoms with E-state index < -0.39 is 5.60 Å². The third kappa shape index (κ3) is 5.93. The molecule has 1 aromatic heterocycles. The number of ketones is 1. The second kappa shape index (κ2) is 8.10. The molecule has 0 radical (unpaired) electrons. The van der Waals surface area contributed by atoms with Gasteiger partial charge in [0.25, 0.3) is 0 Å². The maximum atomic E-state index is 12.5. The molecule has 2 heterocycles. The van der Waals surface area contributed by atoms with Crippen LogP contribution in [0.5, 0.6) is 0 Å². The Hall–Kier alpha value is -1.73. The summed E-state index contributed by atoms with van der Waals surface area (Å²) in [5.41, 5.74) is 5.30. The molecule has 1 atom stereocenters. The lowest BCUT2D eigenvalue weighted by molar-refractivity contribution is -0.156. The number of carbonyl (C=O) groups excluding carboxylic acids is 2. The first-order valence-corrected chi connectivity index (χ1v) is 8.77. The van der Waals surface area contributed by atoms with Gasteiger partial charge in [0.2, 0.25) is 0 Å². The summed E-state index contributed by atoms with van der Waals surface area (Å²) in [6.45, 7) is 7.27. The van der Waals surface area contributed by atoms with Gasteiger partial charge >= 0.3 is 5.97 Å². The number of hydrogen-bond acceptors (Lipinski definition) is 7. The molecular formula is C17H25ClN4O3. The van der Waals surface area contributed by atoms with E-state index in [2.05, 4.69) is 9.97 Å². The normalized spacial score (nSPS) is 18.8. The van der Waals surface area contributed by atoms with E-state index in [-0.39, 0.29) is 40.7 Å². The van der Waals surface area contributed by atoms with E-state index in [0.29, 0.717) is 13.0 Å². The number of hydrogen-bond donors (Lipinski definition) is 1. The molecule has 25 heavy (non-hydrogen) atoms. The predicted octanol–water partition coefficient (Wildman–Crippen LogP) is 2.34. The number of Topliss-reactive ketones (excluding diaryl/α,β-unsaturated/α-hetero) is 1. The molecule has 2 N–H and O–H groups in total. The molecule has 0 aliphatic carbocycles. The molecule has 1 aliphatic heterocycles. The number of piperidine rings is 1. The van der Waals surface area contributed by atoms with Crippen LogP contribution in [0.3, 0.4) is 0 Å². The SMILES string of the molecule is CC(C)(C)OC(=O)CN1CCCC(CC(=O)c2ncnc(N)c2Cl)C1. The molecule has 0 bridgehead atoms. The highest BCUT2D eigenvalue weighted by molar-refractivity contribution is 6.35. The Kier molecular flexibility index (Phi) is 6.35. The van der Waals surface area contributed by atoms with Crippen molar-refractivity contribution in [2.45, 2.75) is 45.6 Å². The van der Waals surface area contributed by atoms with E-state index in [9.17, 15) is 9.59 Å².